The van der Waals surface area contributed by atoms with Crippen LogP contribution in [0.4, 0.5) is 0 Å². The molecule has 7 heteroatoms. The van der Waals surface area contributed by atoms with Crippen LogP contribution in [0.25, 0.3) is 22.6 Å². The molecule has 7 nitrogen and oxygen atoms in total. The Hall–Kier alpha value is -3.48. The summed E-state index contributed by atoms with van der Waals surface area (Å²) in [6.07, 6.45) is 11.1. The second kappa shape index (κ2) is 9.64. The van der Waals surface area contributed by atoms with Gasteiger partial charge in [0.05, 0.1) is 17.6 Å². The Morgan fingerprint density at radius 3 is 2.76 bits per heavy atom. The topological polar surface area (TPSA) is 95.6 Å². The Morgan fingerprint density at radius 1 is 1.21 bits per heavy atom. The van der Waals surface area contributed by atoms with Crippen molar-refractivity contribution in [2.24, 2.45) is 0 Å². The summed E-state index contributed by atoms with van der Waals surface area (Å²) in [7, 11) is 0. The van der Waals surface area contributed by atoms with Crippen molar-refractivity contribution in [2.75, 3.05) is 6.54 Å². The van der Waals surface area contributed by atoms with Crippen LogP contribution in [0.15, 0.2) is 60.3 Å². The first-order valence-corrected chi connectivity index (χ1v) is 9.94. The summed E-state index contributed by atoms with van der Waals surface area (Å²) in [5, 5.41) is 6.29. The molecule has 0 aliphatic carbocycles. The van der Waals surface area contributed by atoms with Gasteiger partial charge in [0.1, 0.15) is 5.82 Å². The number of hydrogen-bond acceptors (Lipinski definition) is 5. The molecule has 0 atom stereocenters. The van der Waals surface area contributed by atoms with Crippen molar-refractivity contribution in [3.05, 3.63) is 65.9 Å². The summed E-state index contributed by atoms with van der Waals surface area (Å²) in [6, 6.07) is 5.44. The van der Waals surface area contributed by atoms with Gasteiger partial charge < -0.3 is 15.6 Å². The van der Waals surface area contributed by atoms with E-state index in [4.69, 9.17) is 0 Å². The van der Waals surface area contributed by atoms with Crippen molar-refractivity contribution in [1.29, 1.82) is 0 Å². The summed E-state index contributed by atoms with van der Waals surface area (Å²) in [4.78, 5) is 28.8. The third kappa shape index (κ3) is 4.68. The van der Waals surface area contributed by atoms with Gasteiger partial charge in [-0.1, -0.05) is 27.2 Å². The molecule has 0 aromatic carbocycles. The fraction of sp³-hybridized carbons (Fsp3) is 0.273. The van der Waals surface area contributed by atoms with E-state index in [9.17, 15) is 4.79 Å². The predicted octanol–water partition coefficient (Wildman–Crippen LogP) is 3.95. The molecule has 3 aromatic heterocycles. The van der Waals surface area contributed by atoms with Crippen molar-refractivity contribution in [3.63, 3.8) is 0 Å². The molecule has 3 aromatic rings. The van der Waals surface area contributed by atoms with Crippen LogP contribution in [-0.2, 0) is 0 Å². The normalized spacial score (nSPS) is 12.9. The lowest BCUT2D eigenvalue weighted by atomic mass is 10.1. The van der Waals surface area contributed by atoms with E-state index in [1.54, 1.807) is 24.7 Å². The van der Waals surface area contributed by atoms with Gasteiger partial charge in [0.15, 0.2) is 5.65 Å². The Kier molecular flexibility index (Phi) is 6.73. The third-order valence-corrected chi connectivity index (χ3v) is 4.36. The Balaban J connectivity index is 0.00000117. The zero-order valence-corrected chi connectivity index (χ0v) is 17.0. The quantitative estimate of drug-likeness (QED) is 0.613. The van der Waals surface area contributed by atoms with Gasteiger partial charge in [-0.2, -0.15) is 0 Å². The highest BCUT2D eigenvalue weighted by molar-refractivity contribution is 6.05. The second-order valence-corrected chi connectivity index (χ2v) is 6.33. The molecule has 1 amide bonds. The van der Waals surface area contributed by atoms with Crippen molar-refractivity contribution in [3.8, 4) is 11.4 Å². The van der Waals surface area contributed by atoms with E-state index in [2.05, 4.69) is 37.5 Å². The number of H-pyrrole nitrogens is 1. The number of carbonyl (C=O) groups is 1. The number of aromatic amines is 1. The molecular weight excluding hydrogens is 364 g/mol. The van der Waals surface area contributed by atoms with Crippen LogP contribution < -0.4 is 10.6 Å². The lowest BCUT2D eigenvalue weighted by Gasteiger charge is -2.17. The molecule has 0 saturated carbocycles. The Bertz CT molecular complexity index is 1040. The van der Waals surface area contributed by atoms with E-state index in [0.29, 0.717) is 29.1 Å². The van der Waals surface area contributed by atoms with Gasteiger partial charge in [-0.25, -0.2) is 9.97 Å². The number of imidazole rings is 1. The second-order valence-electron chi connectivity index (χ2n) is 6.33. The lowest BCUT2D eigenvalue weighted by molar-refractivity contribution is 0.0966. The maximum Gasteiger partial charge on any atom is 0.257 e. The minimum atomic E-state index is -0.191. The summed E-state index contributed by atoms with van der Waals surface area (Å²) < 4.78 is 0. The number of hydrogen-bond donors (Lipinski definition) is 3. The number of carbonyl (C=O) groups excluding carboxylic acids is 1. The highest BCUT2D eigenvalue weighted by Gasteiger charge is 2.16. The minimum absolute atomic E-state index is 0.191. The number of aromatic nitrogens is 4. The van der Waals surface area contributed by atoms with Gasteiger partial charge in [0.25, 0.3) is 5.91 Å². The van der Waals surface area contributed by atoms with Crippen LogP contribution in [0, 0.1) is 0 Å². The molecule has 1 aliphatic rings. The van der Waals surface area contributed by atoms with Crippen molar-refractivity contribution in [1.82, 2.24) is 30.6 Å². The molecule has 0 radical (unpaired) electrons. The molecule has 29 heavy (non-hydrogen) atoms. The van der Waals surface area contributed by atoms with Gasteiger partial charge in [-0.05, 0) is 36.8 Å². The first-order valence-electron chi connectivity index (χ1n) is 9.94. The zero-order valence-electron chi connectivity index (χ0n) is 17.0. The van der Waals surface area contributed by atoms with Crippen molar-refractivity contribution >= 4 is 17.1 Å². The predicted molar refractivity (Wildman–Crippen MR) is 115 cm³/mol. The minimum Gasteiger partial charge on any atom is -0.383 e. The maximum absolute atomic E-state index is 12.8. The van der Waals surface area contributed by atoms with Gasteiger partial charge >= 0.3 is 0 Å². The average Bonchev–Trinajstić information content (AvgIpc) is 3.22. The molecule has 0 saturated heterocycles. The number of dihydropyridines is 1. The van der Waals surface area contributed by atoms with Crippen LogP contribution in [-0.4, -0.2) is 32.4 Å². The average molecular weight is 390 g/mol. The molecule has 4 heterocycles. The highest BCUT2D eigenvalue weighted by atomic mass is 16.1. The SMILES string of the molecule is CC.CCCC1=CC=C(NC(=O)c2ccnc3nc(-c4cccnc4)[nH]c23)CN1. The largest absolute Gasteiger partial charge is 0.383 e. The van der Waals surface area contributed by atoms with E-state index >= 15 is 0 Å². The number of amides is 1. The Labute approximate surface area is 170 Å². The Morgan fingerprint density at radius 2 is 2.07 bits per heavy atom. The van der Waals surface area contributed by atoms with Gasteiger partial charge in [0.2, 0.25) is 0 Å². The smallest absolute Gasteiger partial charge is 0.257 e. The van der Waals surface area contributed by atoms with Crippen LogP contribution in [0.3, 0.4) is 0 Å². The summed E-state index contributed by atoms with van der Waals surface area (Å²) in [5.41, 5.74) is 4.48. The maximum atomic E-state index is 12.8. The van der Waals surface area contributed by atoms with E-state index in [0.717, 1.165) is 24.1 Å². The number of allylic oxidation sites excluding steroid dienone is 3. The number of fused-ring (bicyclic) bond motifs is 1. The van der Waals surface area contributed by atoms with Gasteiger partial charge in [-0.3, -0.25) is 9.78 Å². The van der Waals surface area contributed by atoms with Crippen LogP contribution >= 0.6 is 0 Å². The number of rotatable bonds is 5. The molecule has 3 N–H and O–H groups in total. The first-order chi connectivity index (χ1) is 14.2. The fourth-order valence-electron chi connectivity index (χ4n) is 3.01. The zero-order chi connectivity index (χ0) is 20.6. The summed E-state index contributed by atoms with van der Waals surface area (Å²) in [6.45, 7) is 6.75. The van der Waals surface area contributed by atoms with Crippen molar-refractivity contribution in [2.45, 2.75) is 33.6 Å². The van der Waals surface area contributed by atoms with Crippen LogP contribution in [0.2, 0.25) is 0 Å². The molecule has 4 rings (SSSR count). The van der Waals surface area contributed by atoms with Gasteiger partial charge in [0, 0.05) is 35.5 Å². The summed E-state index contributed by atoms with van der Waals surface area (Å²) >= 11 is 0. The number of nitrogens with one attached hydrogen (secondary N) is 3. The molecule has 0 bridgehead atoms. The summed E-state index contributed by atoms with van der Waals surface area (Å²) in [5.74, 6) is 0.445. The molecule has 150 valence electrons. The lowest BCUT2D eigenvalue weighted by Crippen LogP contribution is -2.31. The fourth-order valence-corrected chi connectivity index (χ4v) is 3.01. The molecular formula is C22H26N6O. The number of pyridine rings is 2. The highest BCUT2D eigenvalue weighted by Crippen LogP contribution is 2.21. The van der Waals surface area contributed by atoms with Gasteiger partial charge in [-0.15, -0.1) is 0 Å². The molecule has 1 aliphatic heterocycles. The molecule has 0 spiro atoms. The van der Waals surface area contributed by atoms with E-state index in [1.165, 1.54) is 5.70 Å². The van der Waals surface area contributed by atoms with Crippen LogP contribution in [0.5, 0.6) is 0 Å². The monoisotopic (exact) mass is 390 g/mol. The number of nitrogens with zero attached hydrogens (tertiary/aromatic N) is 3. The van der Waals surface area contributed by atoms with Crippen LogP contribution in [0.1, 0.15) is 44.0 Å². The third-order valence-electron chi connectivity index (χ3n) is 4.36. The molecule has 0 fully saturated rings. The standard InChI is InChI=1S/C20H20N6O.C2H6/c1-2-4-14-6-7-15(12-23-14)24-20(27)16-8-10-22-19-17(16)25-18(26-19)13-5-3-9-21-11-13;1-2/h3,5-11,23H,2,4,12H2,1H3,(H,24,27)(H,22,25,26);1-2H3. The molecule has 0 unspecified atom stereocenters. The van der Waals surface area contributed by atoms with Crippen molar-refractivity contribution < 1.29 is 4.79 Å². The van der Waals surface area contributed by atoms with E-state index < -0.39 is 0 Å². The first kappa shape index (κ1) is 20.3. The van der Waals surface area contributed by atoms with E-state index in [-0.39, 0.29) is 5.91 Å². The van der Waals surface area contributed by atoms with E-state index in [1.807, 2.05) is 38.1 Å².